The summed E-state index contributed by atoms with van der Waals surface area (Å²) in [5.41, 5.74) is 2.23. The van der Waals surface area contributed by atoms with Gasteiger partial charge in [0, 0.05) is 12.8 Å². The highest BCUT2D eigenvalue weighted by Gasteiger charge is 2.45. The van der Waals surface area contributed by atoms with Crippen molar-refractivity contribution in [3.05, 3.63) is 65.7 Å². The molecule has 1 aliphatic rings. The zero-order valence-corrected chi connectivity index (χ0v) is 24.1. The van der Waals surface area contributed by atoms with Crippen LogP contribution < -0.4 is 4.74 Å². The molecule has 0 bridgehead atoms. The topological polar surface area (TPSA) is 54.0 Å². The molecule has 2 aromatic carbocycles. The smallest absolute Gasteiger partial charge is 0.132 e. The molecule has 3 rings (SSSR count). The van der Waals surface area contributed by atoms with Gasteiger partial charge in [0.25, 0.3) is 0 Å². The second-order valence-corrected chi connectivity index (χ2v) is 16.9. The van der Waals surface area contributed by atoms with E-state index in [0.717, 1.165) is 23.3 Å². The lowest BCUT2D eigenvalue weighted by molar-refractivity contribution is -0.116. The van der Waals surface area contributed by atoms with E-state index >= 15 is 0 Å². The number of carbonyl (C=O) groups is 1. The minimum absolute atomic E-state index is 0.0262. The summed E-state index contributed by atoms with van der Waals surface area (Å²) >= 11 is 0. The molecule has 0 saturated carbocycles. The largest absolute Gasteiger partial charge is 0.497 e. The summed E-state index contributed by atoms with van der Waals surface area (Å²) in [6.07, 6.45) is 1.02. The molecule has 0 spiro atoms. The Morgan fingerprint density at radius 2 is 1.67 bits per heavy atom. The molecule has 36 heavy (non-hydrogen) atoms. The van der Waals surface area contributed by atoms with E-state index in [-0.39, 0.29) is 29.3 Å². The number of hydrogen-bond acceptors (Lipinski definition) is 5. The van der Waals surface area contributed by atoms with Crippen LogP contribution in [0.3, 0.4) is 0 Å². The van der Waals surface area contributed by atoms with Crippen molar-refractivity contribution in [2.75, 3.05) is 13.7 Å². The minimum atomic E-state index is -2.07. The van der Waals surface area contributed by atoms with E-state index in [4.69, 9.17) is 18.9 Å². The monoisotopic (exact) mass is 512 g/mol. The molecule has 0 N–H and O–H groups in total. The first-order valence-corrected chi connectivity index (χ1v) is 16.1. The summed E-state index contributed by atoms with van der Waals surface area (Å²) in [5.74, 6) is 0.904. The molecular formula is C30H44O5Si. The van der Waals surface area contributed by atoms with Gasteiger partial charge in [0.1, 0.15) is 19.2 Å². The molecule has 1 saturated heterocycles. The van der Waals surface area contributed by atoms with Gasteiger partial charge >= 0.3 is 0 Å². The molecule has 4 atom stereocenters. The van der Waals surface area contributed by atoms with Crippen LogP contribution >= 0.6 is 0 Å². The number of rotatable bonds is 12. The number of carbonyl (C=O) groups excluding carboxylic acids is 1. The van der Waals surface area contributed by atoms with E-state index in [0.29, 0.717) is 31.6 Å². The molecule has 0 aliphatic carbocycles. The van der Waals surface area contributed by atoms with E-state index in [1.165, 1.54) is 0 Å². The lowest BCUT2D eigenvalue weighted by atomic mass is 9.96. The van der Waals surface area contributed by atoms with Crippen molar-refractivity contribution in [3.63, 3.8) is 0 Å². The third kappa shape index (κ3) is 7.51. The molecule has 6 heteroatoms. The van der Waals surface area contributed by atoms with Crippen LogP contribution in [0.5, 0.6) is 5.75 Å². The first-order chi connectivity index (χ1) is 17.0. The normalized spacial score (nSPS) is 21.4. The second-order valence-electron chi connectivity index (χ2n) is 11.6. The van der Waals surface area contributed by atoms with Gasteiger partial charge in [0.05, 0.1) is 45.2 Å². The summed E-state index contributed by atoms with van der Waals surface area (Å²) in [6.45, 7) is 14.6. The van der Waals surface area contributed by atoms with Crippen LogP contribution in [0.25, 0.3) is 0 Å². The van der Waals surface area contributed by atoms with Gasteiger partial charge < -0.3 is 23.7 Å². The third-order valence-electron chi connectivity index (χ3n) is 7.89. The SMILES string of the molecule is COc1ccc(CO[C@H]2C[C@@H](COCc3ccccc3)O[C@H]2[C@@H](C)CC(=O)[Si](C)(C)C(C)(C)C)cc1. The van der Waals surface area contributed by atoms with Crippen molar-refractivity contribution < 1.29 is 23.7 Å². The highest BCUT2D eigenvalue weighted by molar-refractivity contribution is 7.06. The highest BCUT2D eigenvalue weighted by atomic mass is 28.3. The maximum absolute atomic E-state index is 13.4. The predicted octanol–water partition coefficient (Wildman–Crippen LogP) is 6.60. The van der Waals surface area contributed by atoms with Gasteiger partial charge in [0.15, 0.2) is 0 Å². The maximum Gasteiger partial charge on any atom is 0.132 e. The van der Waals surface area contributed by atoms with Crippen molar-refractivity contribution in [3.8, 4) is 5.75 Å². The predicted molar refractivity (Wildman–Crippen MR) is 147 cm³/mol. The quantitative estimate of drug-likeness (QED) is 0.300. The Hall–Kier alpha value is -1.99. The van der Waals surface area contributed by atoms with Crippen molar-refractivity contribution in [2.24, 2.45) is 5.92 Å². The summed E-state index contributed by atoms with van der Waals surface area (Å²) in [5, 5.41) is 0.432. The Morgan fingerprint density at radius 3 is 2.28 bits per heavy atom. The molecule has 0 amide bonds. The van der Waals surface area contributed by atoms with Crippen LogP contribution in [0.15, 0.2) is 54.6 Å². The van der Waals surface area contributed by atoms with Crippen LogP contribution in [-0.2, 0) is 32.2 Å². The molecule has 1 heterocycles. The van der Waals surface area contributed by atoms with Gasteiger partial charge in [-0.1, -0.05) is 83.3 Å². The second kappa shape index (κ2) is 12.5. The number of ether oxygens (including phenoxy) is 4. The lowest BCUT2D eigenvalue weighted by Crippen LogP contribution is -2.47. The van der Waals surface area contributed by atoms with Crippen LogP contribution in [0.1, 0.15) is 51.7 Å². The Labute approximate surface area is 218 Å². The number of benzene rings is 2. The number of hydrogen-bond donors (Lipinski definition) is 0. The molecule has 0 unspecified atom stereocenters. The Morgan fingerprint density at radius 1 is 1.03 bits per heavy atom. The Balaban J connectivity index is 1.64. The van der Waals surface area contributed by atoms with Crippen molar-refractivity contribution in [2.45, 2.75) is 90.2 Å². The first kappa shape index (κ1) is 28.6. The highest BCUT2D eigenvalue weighted by Crippen LogP contribution is 2.39. The summed E-state index contributed by atoms with van der Waals surface area (Å²) in [4.78, 5) is 13.4. The maximum atomic E-state index is 13.4. The molecule has 1 fully saturated rings. The van der Waals surface area contributed by atoms with Gasteiger partial charge in [-0.3, -0.25) is 0 Å². The summed E-state index contributed by atoms with van der Waals surface area (Å²) in [6, 6.07) is 18.1. The van der Waals surface area contributed by atoms with Gasteiger partial charge in [0.2, 0.25) is 0 Å². The molecule has 5 nitrogen and oxygen atoms in total. The van der Waals surface area contributed by atoms with Crippen molar-refractivity contribution in [1.29, 1.82) is 0 Å². The molecule has 2 aromatic rings. The van der Waals surface area contributed by atoms with E-state index in [1.54, 1.807) is 7.11 Å². The van der Waals surface area contributed by atoms with Gasteiger partial charge in [-0.2, -0.15) is 0 Å². The zero-order chi connectivity index (χ0) is 26.3. The van der Waals surface area contributed by atoms with E-state index in [1.807, 2.05) is 42.5 Å². The zero-order valence-electron chi connectivity index (χ0n) is 23.1. The van der Waals surface area contributed by atoms with E-state index < -0.39 is 8.07 Å². The Bertz CT molecular complexity index is 952. The van der Waals surface area contributed by atoms with Gasteiger partial charge in [-0.25, -0.2) is 0 Å². The van der Waals surface area contributed by atoms with E-state index in [2.05, 4.69) is 52.9 Å². The van der Waals surface area contributed by atoms with E-state index in [9.17, 15) is 4.79 Å². The standard InChI is InChI=1S/C30H44O5Si/c1-22(17-28(31)36(6,7)30(2,3)4)29-27(34-20-24-13-15-25(32-5)16-14-24)18-26(35-29)21-33-19-23-11-9-8-10-12-23/h8-16,22,26-27,29H,17-21H2,1-7H3/t22-,26-,27-,29-/m0/s1. The molecule has 0 aromatic heterocycles. The fourth-order valence-corrected chi connectivity index (χ4v) is 6.09. The average molecular weight is 513 g/mol. The molecule has 0 radical (unpaired) electrons. The summed E-state index contributed by atoms with van der Waals surface area (Å²) < 4.78 is 24.2. The first-order valence-electron chi connectivity index (χ1n) is 13.1. The molecule has 198 valence electrons. The lowest BCUT2D eigenvalue weighted by Gasteiger charge is -2.36. The van der Waals surface area contributed by atoms with Crippen molar-refractivity contribution in [1.82, 2.24) is 0 Å². The molecular weight excluding hydrogens is 468 g/mol. The van der Waals surface area contributed by atoms with Crippen LogP contribution in [0.4, 0.5) is 0 Å². The molecule has 1 aliphatic heterocycles. The summed E-state index contributed by atoms with van der Waals surface area (Å²) in [7, 11) is -0.406. The fourth-order valence-electron chi connectivity index (χ4n) is 4.42. The van der Waals surface area contributed by atoms with Gasteiger partial charge in [-0.15, -0.1) is 0 Å². The minimum Gasteiger partial charge on any atom is -0.497 e. The third-order valence-corrected chi connectivity index (χ3v) is 13.2. The number of methoxy groups -OCH3 is 1. The average Bonchev–Trinajstić information content (AvgIpc) is 3.26. The van der Waals surface area contributed by atoms with Crippen LogP contribution in [0.2, 0.25) is 18.1 Å². The van der Waals surface area contributed by atoms with Crippen LogP contribution in [-0.4, -0.2) is 45.5 Å². The fraction of sp³-hybridized carbons (Fsp3) is 0.567. The van der Waals surface area contributed by atoms with Gasteiger partial charge in [-0.05, 0) is 34.2 Å². The van der Waals surface area contributed by atoms with Crippen molar-refractivity contribution >= 4 is 13.5 Å². The van der Waals surface area contributed by atoms with Crippen LogP contribution in [0, 0.1) is 5.92 Å². The Kier molecular flexibility index (Phi) is 9.92.